The van der Waals surface area contributed by atoms with E-state index in [1.807, 2.05) is 25.7 Å². The van der Waals surface area contributed by atoms with Crippen LogP contribution in [0.25, 0.3) is 0 Å². The molecule has 0 aromatic heterocycles. The molecule has 7 heteroatoms. The Morgan fingerprint density at radius 2 is 1.67 bits per heavy atom. The van der Waals surface area contributed by atoms with Gasteiger partial charge in [-0.15, -0.1) is 0 Å². The highest BCUT2D eigenvalue weighted by molar-refractivity contribution is 5.68. The van der Waals surface area contributed by atoms with Crippen molar-refractivity contribution in [3.8, 4) is 0 Å². The van der Waals surface area contributed by atoms with Crippen LogP contribution in [0.5, 0.6) is 0 Å². The smallest absolute Gasteiger partial charge is 0.416 e. The molecular weight excluding hydrogens is 321 g/mol. The van der Waals surface area contributed by atoms with Crippen LogP contribution in [0.1, 0.15) is 31.9 Å². The van der Waals surface area contributed by atoms with E-state index in [1.54, 1.807) is 11.8 Å². The fourth-order valence-corrected chi connectivity index (χ4v) is 2.64. The number of aryl methyl sites for hydroxylation is 1. The molecule has 134 valence electrons. The molecule has 1 aliphatic rings. The van der Waals surface area contributed by atoms with Gasteiger partial charge in [-0.05, 0) is 51.5 Å². The van der Waals surface area contributed by atoms with E-state index in [9.17, 15) is 18.0 Å². The summed E-state index contributed by atoms with van der Waals surface area (Å²) in [5.74, 6) is 0. The Labute approximate surface area is 140 Å². The molecule has 1 fully saturated rings. The van der Waals surface area contributed by atoms with Crippen LogP contribution < -0.4 is 4.90 Å². The molecule has 0 N–H and O–H groups in total. The van der Waals surface area contributed by atoms with Crippen molar-refractivity contribution in [1.82, 2.24) is 4.90 Å². The molecule has 1 aliphatic heterocycles. The van der Waals surface area contributed by atoms with E-state index < -0.39 is 17.3 Å². The number of hydrogen-bond acceptors (Lipinski definition) is 3. The lowest BCUT2D eigenvalue weighted by Gasteiger charge is -2.37. The van der Waals surface area contributed by atoms with Gasteiger partial charge in [0.15, 0.2) is 0 Å². The highest BCUT2D eigenvalue weighted by Crippen LogP contribution is 2.33. The molecule has 0 spiro atoms. The minimum absolute atomic E-state index is 0.355. The first-order valence-electron chi connectivity index (χ1n) is 7.88. The molecule has 4 nitrogen and oxygen atoms in total. The van der Waals surface area contributed by atoms with Crippen molar-refractivity contribution < 1.29 is 22.7 Å². The van der Waals surface area contributed by atoms with E-state index in [0.717, 1.165) is 17.8 Å². The standard InChI is InChI=1S/C17H23F3N2O2/c1-12-11-13(17(18,19)20)5-6-14(12)21-7-9-22(10-8-21)15(23)24-16(2,3)4/h5-6,11H,7-10H2,1-4H3. The Balaban J connectivity index is 2.01. The van der Waals surface area contributed by atoms with Gasteiger partial charge in [-0.25, -0.2) is 4.79 Å². The lowest BCUT2D eigenvalue weighted by Crippen LogP contribution is -2.50. The third-order valence-corrected chi connectivity index (χ3v) is 3.80. The first kappa shape index (κ1) is 18.4. The molecule has 0 radical (unpaired) electrons. The number of amides is 1. The van der Waals surface area contributed by atoms with Crippen LogP contribution in [0.2, 0.25) is 0 Å². The molecule has 1 aromatic carbocycles. The van der Waals surface area contributed by atoms with Gasteiger partial charge in [-0.2, -0.15) is 13.2 Å². The SMILES string of the molecule is Cc1cc(C(F)(F)F)ccc1N1CCN(C(=O)OC(C)(C)C)CC1. The second-order valence-electron chi connectivity index (χ2n) is 6.95. The van der Waals surface area contributed by atoms with Gasteiger partial charge < -0.3 is 14.5 Å². The molecular formula is C17H23F3N2O2. The summed E-state index contributed by atoms with van der Waals surface area (Å²) in [5.41, 5.74) is 0.164. The van der Waals surface area contributed by atoms with E-state index in [1.165, 1.54) is 6.07 Å². The Morgan fingerprint density at radius 1 is 1.08 bits per heavy atom. The van der Waals surface area contributed by atoms with Gasteiger partial charge in [0.05, 0.1) is 5.56 Å². The number of halogens is 3. The van der Waals surface area contributed by atoms with Crippen molar-refractivity contribution in [2.45, 2.75) is 39.5 Å². The molecule has 1 saturated heterocycles. The van der Waals surface area contributed by atoms with Gasteiger partial charge >= 0.3 is 12.3 Å². The fourth-order valence-electron chi connectivity index (χ4n) is 2.64. The van der Waals surface area contributed by atoms with Crippen LogP contribution in [0.3, 0.4) is 0 Å². The number of anilines is 1. The second kappa shape index (κ2) is 6.53. The highest BCUT2D eigenvalue weighted by Gasteiger charge is 2.31. The normalized spacial score (nSPS) is 16.3. The van der Waals surface area contributed by atoms with Gasteiger partial charge in [0, 0.05) is 31.9 Å². The van der Waals surface area contributed by atoms with Crippen LogP contribution in [-0.2, 0) is 10.9 Å². The number of benzene rings is 1. The monoisotopic (exact) mass is 344 g/mol. The number of hydrogen-bond donors (Lipinski definition) is 0. The minimum Gasteiger partial charge on any atom is -0.444 e. The highest BCUT2D eigenvalue weighted by atomic mass is 19.4. The number of piperazine rings is 1. The van der Waals surface area contributed by atoms with Crippen LogP contribution in [-0.4, -0.2) is 42.8 Å². The molecule has 0 unspecified atom stereocenters. The van der Waals surface area contributed by atoms with E-state index in [0.29, 0.717) is 31.7 Å². The Morgan fingerprint density at radius 3 is 2.12 bits per heavy atom. The number of carbonyl (C=O) groups is 1. The van der Waals surface area contributed by atoms with E-state index in [2.05, 4.69) is 0 Å². The predicted molar refractivity (Wildman–Crippen MR) is 86.2 cm³/mol. The molecule has 1 aromatic rings. The number of alkyl halides is 3. The average molecular weight is 344 g/mol. The van der Waals surface area contributed by atoms with Gasteiger partial charge in [0.25, 0.3) is 0 Å². The summed E-state index contributed by atoms with van der Waals surface area (Å²) < 4.78 is 43.6. The van der Waals surface area contributed by atoms with Crippen molar-refractivity contribution in [3.05, 3.63) is 29.3 Å². The molecule has 0 aliphatic carbocycles. The second-order valence-corrected chi connectivity index (χ2v) is 6.95. The zero-order valence-corrected chi connectivity index (χ0v) is 14.4. The molecule has 24 heavy (non-hydrogen) atoms. The molecule has 0 bridgehead atoms. The van der Waals surface area contributed by atoms with E-state index >= 15 is 0 Å². The van der Waals surface area contributed by atoms with E-state index in [-0.39, 0.29) is 6.09 Å². The lowest BCUT2D eigenvalue weighted by atomic mass is 10.1. The summed E-state index contributed by atoms with van der Waals surface area (Å²) in [6.45, 7) is 9.19. The first-order valence-corrected chi connectivity index (χ1v) is 7.88. The van der Waals surface area contributed by atoms with E-state index in [4.69, 9.17) is 4.74 Å². The molecule has 2 rings (SSSR count). The fraction of sp³-hybridized carbons (Fsp3) is 0.588. The summed E-state index contributed by atoms with van der Waals surface area (Å²) in [6.07, 6.45) is -4.69. The number of nitrogens with zero attached hydrogens (tertiary/aromatic N) is 2. The Kier molecular flexibility index (Phi) is 5.01. The maximum Gasteiger partial charge on any atom is 0.416 e. The first-order chi connectivity index (χ1) is 11.0. The van der Waals surface area contributed by atoms with Crippen LogP contribution in [0.15, 0.2) is 18.2 Å². The largest absolute Gasteiger partial charge is 0.444 e. The number of ether oxygens (including phenoxy) is 1. The maximum absolute atomic E-state index is 12.7. The van der Waals surface area contributed by atoms with Crippen LogP contribution in [0.4, 0.5) is 23.7 Å². The van der Waals surface area contributed by atoms with Crippen LogP contribution >= 0.6 is 0 Å². The van der Waals surface area contributed by atoms with Crippen LogP contribution in [0, 0.1) is 6.92 Å². The molecule has 1 heterocycles. The quantitative estimate of drug-likeness (QED) is 0.770. The predicted octanol–water partition coefficient (Wildman–Crippen LogP) is 4.07. The van der Waals surface area contributed by atoms with Gasteiger partial charge in [0.2, 0.25) is 0 Å². The topological polar surface area (TPSA) is 32.8 Å². The van der Waals surface area contributed by atoms with Gasteiger partial charge in [-0.1, -0.05) is 0 Å². The third-order valence-electron chi connectivity index (χ3n) is 3.80. The number of rotatable bonds is 1. The van der Waals surface area contributed by atoms with Crippen molar-refractivity contribution in [2.24, 2.45) is 0 Å². The maximum atomic E-state index is 12.7. The summed E-state index contributed by atoms with van der Waals surface area (Å²) in [4.78, 5) is 15.7. The third kappa shape index (κ3) is 4.55. The molecule has 0 saturated carbocycles. The summed E-state index contributed by atoms with van der Waals surface area (Å²) >= 11 is 0. The average Bonchev–Trinajstić information content (AvgIpc) is 2.44. The zero-order valence-electron chi connectivity index (χ0n) is 14.4. The Hall–Kier alpha value is -1.92. The molecule has 0 atom stereocenters. The lowest BCUT2D eigenvalue weighted by molar-refractivity contribution is -0.137. The van der Waals surface area contributed by atoms with Crippen molar-refractivity contribution in [2.75, 3.05) is 31.1 Å². The zero-order chi connectivity index (χ0) is 18.1. The number of carbonyl (C=O) groups excluding carboxylic acids is 1. The van der Waals surface area contributed by atoms with Gasteiger partial charge in [-0.3, -0.25) is 0 Å². The van der Waals surface area contributed by atoms with Gasteiger partial charge in [0.1, 0.15) is 5.60 Å². The Bertz CT molecular complexity index is 601. The molecule has 1 amide bonds. The van der Waals surface area contributed by atoms with Crippen molar-refractivity contribution in [1.29, 1.82) is 0 Å². The van der Waals surface area contributed by atoms with Crippen molar-refractivity contribution in [3.63, 3.8) is 0 Å². The summed E-state index contributed by atoms with van der Waals surface area (Å²) in [7, 11) is 0. The minimum atomic E-state index is -4.33. The summed E-state index contributed by atoms with van der Waals surface area (Å²) in [6, 6.07) is 3.76. The van der Waals surface area contributed by atoms with Crippen molar-refractivity contribution >= 4 is 11.8 Å². The summed E-state index contributed by atoms with van der Waals surface area (Å²) in [5, 5.41) is 0.